The first-order valence-corrected chi connectivity index (χ1v) is 6.97. The maximum absolute atomic E-state index is 11.8. The lowest BCUT2D eigenvalue weighted by molar-refractivity contribution is 0.131. The van der Waals surface area contributed by atoms with E-state index in [9.17, 15) is 4.79 Å². The number of carbonyl (C=O) groups is 1. The zero-order valence-electron chi connectivity index (χ0n) is 11.4. The lowest BCUT2D eigenvalue weighted by Gasteiger charge is -2.22. The number of hydrogen-bond acceptors (Lipinski definition) is 3. The largest absolute Gasteiger partial charge is 0.445 e. The van der Waals surface area contributed by atoms with Gasteiger partial charge in [0.1, 0.15) is 6.61 Å². The molecule has 2 rings (SSSR count). The van der Waals surface area contributed by atoms with Crippen molar-refractivity contribution >= 4 is 6.09 Å². The van der Waals surface area contributed by atoms with Crippen LogP contribution in [0.5, 0.6) is 0 Å². The summed E-state index contributed by atoms with van der Waals surface area (Å²) in [7, 11) is 0. The van der Waals surface area contributed by atoms with Crippen molar-refractivity contribution in [3.8, 4) is 0 Å². The normalized spacial score (nSPS) is 19.9. The van der Waals surface area contributed by atoms with E-state index < -0.39 is 0 Å². The van der Waals surface area contributed by atoms with Gasteiger partial charge in [-0.15, -0.1) is 0 Å². The number of nitrogens with one attached hydrogen (secondary N) is 2. The van der Waals surface area contributed by atoms with E-state index in [0.717, 1.165) is 31.5 Å². The van der Waals surface area contributed by atoms with Gasteiger partial charge in [0.15, 0.2) is 0 Å². The summed E-state index contributed by atoms with van der Waals surface area (Å²) in [6.07, 6.45) is 1.74. The number of amides is 1. The van der Waals surface area contributed by atoms with Gasteiger partial charge in [0.2, 0.25) is 0 Å². The fraction of sp³-hybridized carbons (Fsp3) is 0.533. The lowest BCUT2D eigenvalue weighted by atomic mass is 9.97. The summed E-state index contributed by atoms with van der Waals surface area (Å²) in [6, 6.07) is 9.93. The average molecular weight is 262 g/mol. The second kappa shape index (κ2) is 7.14. The van der Waals surface area contributed by atoms with Gasteiger partial charge in [0, 0.05) is 6.04 Å². The highest BCUT2D eigenvalue weighted by atomic mass is 16.5. The van der Waals surface area contributed by atoms with Crippen LogP contribution in [0.2, 0.25) is 0 Å². The fourth-order valence-corrected chi connectivity index (χ4v) is 2.49. The molecule has 2 N–H and O–H groups in total. The van der Waals surface area contributed by atoms with E-state index in [1.807, 2.05) is 30.3 Å². The van der Waals surface area contributed by atoms with Crippen molar-refractivity contribution in [1.29, 1.82) is 0 Å². The average Bonchev–Trinajstić information content (AvgIpc) is 2.97. The van der Waals surface area contributed by atoms with Crippen molar-refractivity contribution in [3.05, 3.63) is 35.9 Å². The quantitative estimate of drug-likeness (QED) is 0.856. The third-order valence-electron chi connectivity index (χ3n) is 3.62. The number of rotatable bonds is 5. The fourth-order valence-electron chi connectivity index (χ4n) is 2.49. The number of alkyl carbamates (subject to hydrolysis) is 1. The van der Waals surface area contributed by atoms with Crippen molar-refractivity contribution in [2.24, 2.45) is 5.92 Å². The van der Waals surface area contributed by atoms with Crippen molar-refractivity contribution in [2.75, 3.05) is 13.1 Å². The van der Waals surface area contributed by atoms with Crippen LogP contribution in [0.4, 0.5) is 4.79 Å². The number of ether oxygens (including phenoxy) is 1. The molecule has 1 aromatic rings. The van der Waals surface area contributed by atoms with Gasteiger partial charge in [0.25, 0.3) is 0 Å². The molecule has 0 unspecified atom stereocenters. The summed E-state index contributed by atoms with van der Waals surface area (Å²) in [6.45, 7) is 4.45. The van der Waals surface area contributed by atoms with E-state index in [-0.39, 0.29) is 12.1 Å². The van der Waals surface area contributed by atoms with Gasteiger partial charge in [-0.3, -0.25) is 0 Å². The number of carbonyl (C=O) groups excluding carboxylic acids is 1. The Hall–Kier alpha value is -1.55. The van der Waals surface area contributed by atoms with Gasteiger partial charge < -0.3 is 15.4 Å². The van der Waals surface area contributed by atoms with Gasteiger partial charge >= 0.3 is 6.09 Å². The summed E-state index contributed by atoms with van der Waals surface area (Å²) in [4.78, 5) is 11.8. The Morgan fingerprint density at radius 1 is 1.47 bits per heavy atom. The molecule has 0 saturated carbocycles. The SMILES string of the molecule is CC[C@H](NC(=O)OCc1ccccc1)[C@H]1CCNC1. The minimum Gasteiger partial charge on any atom is -0.445 e. The van der Waals surface area contributed by atoms with Crippen molar-refractivity contribution in [3.63, 3.8) is 0 Å². The maximum Gasteiger partial charge on any atom is 0.407 e. The van der Waals surface area contributed by atoms with E-state index in [2.05, 4.69) is 17.6 Å². The van der Waals surface area contributed by atoms with Gasteiger partial charge in [-0.2, -0.15) is 0 Å². The molecule has 4 nitrogen and oxygen atoms in total. The highest BCUT2D eigenvalue weighted by Gasteiger charge is 2.25. The van der Waals surface area contributed by atoms with E-state index in [4.69, 9.17) is 4.74 Å². The summed E-state index contributed by atoms with van der Waals surface area (Å²) in [5.41, 5.74) is 1.01. The predicted molar refractivity (Wildman–Crippen MR) is 74.8 cm³/mol. The Balaban J connectivity index is 1.76. The highest BCUT2D eigenvalue weighted by Crippen LogP contribution is 2.15. The molecule has 1 saturated heterocycles. The van der Waals surface area contributed by atoms with Crippen LogP contribution in [0.3, 0.4) is 0 Å². The molecule has 0 radical (unpaired) electrons. The number of benzene rings is 1. The van der Waals surface area contributed by atoms with E-state index >= 15 is 0 Å². The van der Waals surface area contributed by atoms with E-state index in [1.54, 1.807) is 0 Å². The summed E-state index contributed by atoms with van der Waals surface area (Å²) in [5.74, 6) is 0.522. The first-order valence-electron chi connectivity index (χ1n) is 6.97. The van der Waals surface area contributed by atoms with Crippen molar-refractivity contribution < 1.29 is 9.53 Å². The molecule has 0 spiro atoms. The maximum atomic E-state index is 11.8. The Labute approximate surface area is 114 Å². The molecule has 1 fully saturated rings. The molecule has 1 aliphatic rings. The zero-order chi connectivity index (χ0) is 13.5. The molecule has 1 heterocycles. The Morgan fingerprint density at radius 3 is 2.89 bits per heavy atom. The Morgan fingerprint density at radius 2 is 2.26 bits per heavy atom. The van der Waals surface area contributed by atoms with Gasteiger partial charge in [0.05, 0.1) is 0 Å². The third-order valence-corrected chi connectivity index (χ3v) is 3.62. The van der Waals surface area contributed by atoms with Gasteiger partial charge in [-0.1, -0.05) is 37.3 Å². The van der Waals surface area contributed by atoms with Crippen LogP contribution < -0.4 is 10.6 Å². The van der Waals surface area contributed by atoms with Crippen LogP contribution in [0.25, 0.3) is 0 Å². The predicted octanol–water partition coefficient (Wildman–Crippen LogP) is 2.30. The Kier molecular flexibility index (Phi) is 5.21. The lowest BCUT2D eigenvalue weighted by Crippen LogP contribution is -2.40. The molecule has 19 heavy (non-hydrogen) atoms. The molecule has 1 aliphatic heterocycles. The second-order valence-electron chi connectivity index (χ2n) is 4.97. The Bertz CT molecular complexity index is 388. The van der Waals surface area contributed by atoms with Crippen LogP contribution >= 0.6 is 0 Å². The minimum absolute atomic E-state index is 0.207. The molecule has 0 aliphatic carbocycles. The summed E-state index contributed by atoms with van der Waals surface area (Å²) < 4.78 is 5.25. The van der Waals surface area contributed by atoms with E-state index in [0.29, 0.717) is 12.5 Å². The summed E-state index contributed by atoms with van der Waals surface area (Å²) in [5, 5.41) is 6.30. The standard InChI is InChI=1S/C15H22N2O2/c1-2-14(13-8-9-16-10-13)17-15(18)19-11-12-6-4-3-5-7-12/h3-7,13-14,16H,2,8-11H2,1H3,(H,17,18)/t13-,14-/m0/s1. The monoisotopic (exact) mass is 262 g/mol. The molecule has 104 valence electrons. The van der Waals surface area contributed by atoms with Gasteiger partial charge in [-0.25, -0.2) is 4.79 Å². The number of hydrogen-bond donors (Lipinski definition) is 2. The topological polar surface area (TPSA) is 50.4 Å². The molecule has 0 bridgehead atoms. The zero-order valence-corrected chi connectivity index (χ0v) is 11.4. The van der Waals surface area contributed by atoms with Crippen LogP contribution in [0, 0.1) is 5.92 Å². The first kappa shape index (κ1) is 13.9. The van der Waals surface area contributed by atoms with Crippen molar-refractivity contribution in [1.82, 2.24) is 10.6 Å². The van der Waals surface area contributed by atoms with Crippen LogP contribution in [-0.4, -0.2) is 25.2 Å². The van der Waals surface area contributed by atoms with Crippen molar-refractivity contribution in [2.45, 2.75) is 32.4 Å². The highest BCUT2D eigenvalue weighted by molar-refractivity contribution is 5.67. The molecule has 0 aromatic heterocycles. The molecular weight excluding hydrogens is 240 g/mol. The van der Waals surface area contributed by atoms with Crippen LogP contribution in [0.15, 0.2) is 30.3 Å². The van der Waals surface area contributed by atoms with E-state index in [1.165, 1.54) is 0 Å². The molecule has 1 amide bonds. The van der Waals surface area contributed by atoms with Crippen LogP contribution in [-0.2, 0) is 11.3 Å². The van der Waals surface area contributed by atoms with Gasteiger partial charge in [-0.05, 0) is 37.4 Å². The first-order chi connectivity index (χ1) is 9.29. The van der Waals surface area contributed by atoms with Crippen LogP contribution in [0.1, 0.15) is 25.3 Å². The minimum atomic E-state index is -0.317. The summed E-state index contributed by atoms with van der Waals surface area (Å²) >= 11 is 0. The molecular formula is C15H22N2O2. The second-order valence-corrected chi connectivity index (χ2v) is 4.97. The third kappa shape index (κ3) is 4.24. The smallest absolute Gasteiger partial charge is 0.407 e. The molecule has 4 heteroatoms. The molecule has 2 atom stereocenters. The molecule has 1 aromatic carbocycles.